The Labute approximate surface area is 225 Å². The number of aromatic nitrogens is 3. The van der Waals surface area contributed by atoms with Gasteiger partial charge in [0.1, 0.15) is 23.3 Å². The number of furan rings is 1. The zero-order valence-electron chi connectivity index (χ0n) is 20.9. The summed E-state index contributed by atoms with van der Waals surface area (Å²) in [7, 11) is 1.57. The molecule has 0 bridgehead atoms. The first-order valence-corrected chi connectivity index (χ1v) is 12.0. The molecule has 0 spiro atoms. The fourth-order valence-corrected chi connectivity index (χ4v) is 4.17. The molecule has 0 saturated carbocycles. The first-order chi connectivity index (χ1) is 19.5. The Morgan fingerprint density at radius 2 is 1.77 bits per heavy atom. The van der Waals surface area contributed by atoms with E-state index in [1.54, 1.807) is 67.8 Å². The minimum absolute atomic E-state index is 0.152. The second-order valence-electron chi connectivity index (χ2n) is 8.55. The molecule has 3 aromatic carbocycles. The van der Waals surface area contributed by atoms with Crippen molar-refractivity contribution in [3.8, 4) is 29.0 Å². The number of nitro groups is 1. The molecule has 0 atom stereocenters. The lowest BCUT2D eigenvalue weighted by atomic mass is 10.2. The second-order valence-corrected chi connectivity index (χ2v) is 8.55. The van der Waals surface area contributed by atoms with Crippen LogP contribution in [0.2, 0.25) is 0 Å². The Bertz CT molecular complexity index is 1980. The molecule has 3 heterocycles. The van der Waals surface area contributed by atoms with Gasteiger partial charge in [-0.1, -0.05) is 30.3 Å². The molecular formula is C29H19N5O6. The minimum atomic E-state index is -0.539. The van der Waals surface area contributed by atoms with E-state index in [0.29, 0.717) is 39.3 Å². The summed E-state index contributed by atoms with van der Waals surface area (Å²) in [5.74, 6) is 1.70. The molecule has 196 valence electrons. The third-order valence-electron chi connectivity index (χ3n) is 6.09. The van der Waals surface area contributed by atoms with Gasteiger partial charge in [-0.25, -0.2) is 9.97 Å². The highest BCUT2D eigenvalue weighted by molar-refractivity contribution is 5.89. The van der Waals surface area contributed by atoms with Crippen molar-refractivity contribution in [3.05, 3.63) is 117 Å². The highest BCUT2D eigenvalue weighted by atomic mass is 16.6. The van der Waals surface area contributed by atoms with Gasteiger partial charge in [-0.3, -0.25) is 14.9 Å². The molecule has 0 saturated heterocycles. The van der Waals surface area contributed by atoms with E-state index in [-0.39, 0.29) is 23.0 Å². The van der Waals surface area contributed by atoms with Gasteiger partial charge in [0, 0.05) is 17.7 Å². The molecule has 0 amide bonds. The predicted octanol–water partition coefficient (Wildman–Crippen LogP) is 5.80. The van der Waals surface area contributed by atoms with Gasteiger partial charge >= 0.3 is 0 Å². The summed E-state index contributed by atoms with van der Waals surface area (Å²) in [6, 6.07) is 23.8. The summed E-state index contributed by atoms with van der Waals surface area (Å²) in [6.45, 7) is 0. The average molecular weight is 534 g/mol. The van der Waals surface area contributed by atoms with Crippen molar-refractivity contribution in [2.75, 3.05) is 7.11 Å². The number of hydrogen-bond donors (Lipinski definition) is 0. The minimum Gasteiger partial charge on any atom is -0.496 e. The van der Waals surface area contributed by atoms with Gasteiger partial charge in [0.2, 0.25) is 11.7 Å². The molecule has 6 rings (SSSR count). The Balaban J connectivity index is 1.45. The van der Waals surface area contributed by atoms with Gasteiger partial charge in [-0.15, -0.1) is 0 Å². The van der Waals surface area contributed by atoms with Crippen molar-refractivity contribution in [1.29, 1.82) is 0 Å². The number of rotatable bonds is 7. The van der Waals surface area contributed by atoms with Crippen molar-refractivity contribution >= 4 is 33.8 Å². The summed E-state index contributed by atoms with van der Waals surface area (Å²) < 4.78 is 18.5. The average Bonchev–Trinajstić information content (AvgIpc) is 3.42. The quantitative estimate of drug-likeness (QED) is 0.143. The van der Waals surface area contributed by atoms with Crippen LogP contribution in [0.1, 0.15) is 5.56 Å². The van der Waals surface area contributed by atoms with E-state index in [1.807, 2.05) is 12.1 Å². The van der Waals surface area contributed by atoms with E-state index < -0.39 is 4.92 Å². The maximum absolute atomic E-state index is 13.6. The molecule has 11 heteroatoms. The van der Waals surface area contributed by atoms with Gasteiger partial charge in [0.05, 0.1) is 34.5 Å². The Morgan fingerprint density at radius 3 is 2.58 bits per heavy atom. The van der Waals surface area contributed by atoms with Crippen molar-refractivity contribution in [2.45, 2.75) is 0 Å². The fraction of sp³-hybridized carbons (Fsp3) is 0.0345. The van der Waals surface area contributed by atoms with E-state index in [9.17, 15) is 14.9 Å². The lowest BCUT2D eigenvalue weighted by molar-refractivity contribution is -0.385. The number of para-hydroxylation sites is 2. The molecule has 0 aliphatic carbocycles. The largest absolute Gasteiger partial charge is 0.496 e. The van der Waals surface area contributed by atoms with Gasteiger partial charge in [0.25, 0.3) is 11.2 Å². The van der Waals surface area contributed by atoms with Crippen LogP contribution in [0.5, 0.6) is 17.4 Å². The van der Waals surface area contributed by atoms with E-state index in [2.05, 4.69) is 10.1 Å². The summed E-state index contributed by atoms with van der Waals surface area (Å²) in [5, 5.41) is 16.5. The maximum atomic E-state index is 13.6. The van der Waals surface area contributed by atoms with Crippen LogP contribution >= 0.6 is 0 Å². The number of fused-ring (bicyclic) bond motifs is 2. The predicted molar refractivity (Wildman–Crippen MR) is 148 cm³/mol. The molecule has 40 heavy (non-hydrogen) atoms. The molecule has 3 aromatic heterocycles. The molecule has 0 radical (unpaired) electrons. The third-order valence-corrected chi connectivity index (χ3v) is 6.09. The van der Waals surface area contributed by atoms with Crippen molar-refractivity contribution in [3.63, 3.8) is 0 Å². The molecule has 6 aromatic rings. The molecule has 11 nitrogen and oxygen atoms in total. The first kappa shape index (κ1) is 24.5. The summed E-state index contributed by atoms with van der Waals surface area (Å²) in [5.41, 5.74) is 1.05. The van der Waals surface area contributed by atoms with Crippen LogP contribution in [0.4, 0.5) is 5.69 Å². The molecule has 0 aliphatic heterocycles. The monoisotopic (exact) mass is 533 g/mol. The normalized spacial score (nSPS) is 11.3. The molecule has 0 aliphatic rings. The van der Waals surface area contributed by atoms with Gasteiger partial charge in [0.15, 0.2) is 5.76 Å². The van der Waals surface area contributed by atoms with Gasteiger partial charge in [-0.2, -0.15) is 9.78 Å². The zero-order valence-corrected chi connectivity index (χ0v) is 20.9. The summed E-state index contributed by atoms with van der Waals surface area (Å²) >= 11 is 0. The Kier molecular flexibility index (Phi) is 6.21. The lowest BCUT2D eigenvalue weighted by Crippen LogP contribution is -2.20. The smallest absolute Gasteiger partial charge is 0.287 e. The highest BCUT2D eigenvalue weighted by Crippen LogP contribution is 2.33. The number of nitrogens with zero attached hydrogens (tertiary/aromatic N) is 5. The lowest BCUT2D eigenvalue weighted by Gasteiger charge is -2.09. The van der Waals surface area contributed by atoms with E-state index >= 15 is 0 Å². The van der Waals surface area contributed by atoms with E-state index in [4.69, 9.17) is 18.9 Å². The number of ether oxygens (including phenoxy) is 2. The fourth-order valence-electron chi connectivity index (χ4n) is 4.17. The number of benzene rings is 3. The third kappa shape index (κ3) is 4.52. The van der Waals surface area contributed by atoms with Gasteiger partial charge < -0.3 is 13.9 Å². The number of methoxy groups -OCH3 is 1. The van der Waals surface area contributed by atoms with Crippen LogP contribution in [0.15, 0.2) is 105 Å². The Morgan fingerprint density at radius 1 is 0.975 bits per heavy atom. The van der Waals surface area contributed by atoms with Crippen LogP contribution < -0.4 is 15.0 Å². The maximum Gasteiger partial charge on any atom is 0.287 e. The SMILES string of the molecule is COc1cccc2oc(-c3nc4ccccc4c(=O)n3N=Cc3ccccc3Oc3ccc([N+](=O)[O-])cn3)cc12. The topological polar surface area (TPSA) is 135 Å². The molecule has 0 unspecified atom stereocenters. The van der Waals surface area contributed by atoms with Crippen molar-refractivity contribution < 1.29 is 18.8 Å². The standard InChI is InChI=1S/C29H19N5O6/c1-38-24-11-6-12-25-21(24)15-26(39-25)28-32-22-9-4-3-8-20(22)29(35)33(28)31-16-18-7-2-5-10-23(18)40-27-14-13-19(17-30-27)34(36)37/h2-17H,1H3. The van der Waals surface area contributed by atoms with E-state index in [0.717, 1.165) is 11.6 Å². The zero-order chi connectivity index (χ0) is 27.6. The number of pyridine rings is 1. The van der Waals surface area contributed by atoms with Gasteiger partial charge in [-0.05, 0) is 42.5 Å². The van der Waals surface area contributed by atoms with Crippen molar-refractivity contribution in [2.24, 2.45) is 5.10 Å². The van der Waals surface area contributed by atoms with Crippen LogP contribution in [-0.2, 0) is 0 Å². The highest BCUT2D eigenvalue weighted by Gasteiger charge is 2.18. The Hall–Kier alpha value is -5.84. The molecular weight excluding hydrogens is 514 g/mol. The van der Waals surface area contributed by atoms with E-state index in [1.165, 1.54) is 23.0 Å². The molecule has 0 fully saturated rings. The van der Waals surface area contributed by atoms with Crippen molar-refractivity contribution in [1.82, 2.24) is 14.6 Å². The van der Waals surface area contributed by atoms with Crippen LogP contribution in [0, 0.1) is 10.1 Å². The van der Waals surface area contributed by atoms with Crippen LogP contribution in [-0.4, -0.2) is 32.9 Å². The number of hydrogen-bond acceptors (Lipinski definition) is 9. The van der Waals surface area contributed by atoms with Crippen LogP contribution in [0.3, 0.4) is 0 Å². The first-order valence-electron chi connectivity index (χ1n) is 12.0. The summed E-state index contributed by atoms with van der Waals surface area (Å²) in [4.78, 5) is 32.7. The second kappa shape index (κ2) is 10.1. The molecule has 0 N–H and O–H groups in total. The van der Waals surface area contributed by atoms with Crippen LogP contribution in [0.25, 0.3) is 33.5 Å². The summed E-state index contributed by atoms with van der Waals surface area (Å²) in [6.07, 6.45) is 2.58.